The zero-order chi connectivity index (χ0) is 24.7. The van der Waals surface area contributed by atoms with E-state index >= 15 is 0 Å². The number of hydrogen-bond acceptors (Lipinski definition) is 3. The van der Waals surface area contributed by atoms with E-state index in [0.717, 1.165) is 0 Å². The third-order valence-corrected chi connectivity index (χ3v) is 5.81. The fourth-order valence-electron chi connectivity index (χ4n) is 4.17. The van der Waals surface area contributed by atoms with E-state index in [4.69, 9.17) is 0 Å². The van der Waals surface area contributed by atoms with Gasteiger partial charge in [-0.1, -0.05) is 25.1 Å². The maximum Gasteiger partial charge on any atom is 0.281 e. The van der Waals surface area contributed by atoms with E-state index in [0.29, 0.717) is 27.8 Å². The molecule has 1 unspecified atom stereocenters. The van der Waals surface area contributed by atoms with Crippen molar-refractivity contribution in [1.29, 1.82) is 0 Å². The maximum atomic E-state index is 14.1. The second-order valence-corrected chi connectivity index (χ2v) is 7.78. The van der Waals surface area contributed by atoms with Gasteiger partial charge >= 0.3 is 0 Å². The normalized spacial score (nSPS) is 12.2. The molecule has 6 nitrogen and oxygen atoms in total. The summed E-state index contributed by atoms with van der Waals surface area (Å²) < 4.78 is 58.2. The lowest BCUT2D eigenvalue weighted by Crippen LogP contribution is -2.28. The van der Waals surface area contributed by atoms with Crippen molar-refractivity contribution in [3.63, 3.8) is 0 Å². The zero-order valence-electron chi connectivity index (χ0n) is 18.5. The van der Waals surface area contributed by atoms with Gasteiger partial charge in [0, 0.05) is 22.8 Å². The second kappa shape index (κ2) is 8.77. The summed E-state index contributed by atoms with van der Waals surface area (Å²) in [5.74, 6) is -7.57. The van der Waals surface area contributed by atoms with Gasteiger partial charge in [0.2, 0.25) is 5.91 Å². The van der Waals surface area contributed by atoms with E-state index in [1.165, 1.54) is 10.9 Å². The molecule has 0 aliphatic heterocycles. The van der Waals surface area contributed by atoms with Crippen LogP contribution in [0.2, 0.25) is 0 Å². The summed E-state index contributed by atoms with van der Waals surface area (Å²) in [7, 11) is 0. The first-order valence-electron chi connectivity index (χ1n) is 10.5. The largest absolute Gasteiger partial charge is 0.335 e. The summed E-state index contributed by atoms with van der Waals surface area (Å²) in [5.41, 5.74) is -0.0737. The molecule has 2 aromatic carbocycles. The van der Waals surface area contributed by atoms with Gasteiger partial charge in [0.15, 0.2) is 23.3 Å². The quantitative estimate of drug-likeness (QED) is 0.330. The molecule has 4 rings (SSSR count). The van der Waals surface area contributed by atoms with Gasteiger partial charge in [-0.25, -0.2) is 17.6 Å². The summed E-state index contributed by atoms with van der Waals surface area (Å²) in [6, 6.07) is 7.83. The van der Waals surface area contributed by atoms with Crippen molar-refractivity contribution in [3.05, 3.63) is 87.6 Å². The van der Waals surface area contributed by atoms with E-state index in [1.807, 2.05) is 5.32 Å². The Labute approximate surface area is 191 Å². The van der Waals surface area contributed by atoms with Gasteiger partial charge in [-0.05, 0) is 32.4 Å². The molecule has 1 N–H and O–H groups in total. The summed E-state index contributed by atoms with van der Waals surface area (Å²) >= 11 is 0. The first-order valence-corrected chi connectivity index (χ1v) is 10.5. The van der Waals surface area contributed by atoms with Crippen LogP contribution in [0, 0.1) is 37.1 Å². The molecule has 176 valence electrons. The summed E-state index contributed by atoms with van der Waals surface area (Å²) in [4.78, 5) is 26.3. The van der Waals surface area contributed by atoms with Crippen molar-refractivity contribution in [2.75, 3.05) is 5.32 Å². The Morgan fingerprint density at radius 1 is 1.03 bits per heavy atom. The second-order valence-electron chi connectivity index (χ2n) is 7.78. The molecule has 0 aliphatic rings. The van der Waals surface area contributed by atoms with Crippen LogP contribution in [0.25, 0.3) is 16.5 Å². The van der Waals surface area contributed by atoms with Crippen molar-refractivity contribution in [2.24, 2.45) is 0 Å². The van der Waals surface area contributed by atoms with Crippen LogP contribution >= 0.6 is 0 Å². The summed E-state index contributed by atoms with van der Waals surface area (Å²) in [6.45, 7) is 4.99. The standard InChI is InChI=1S/C24H20F4N4O2/c1-4-18(23(33)30-22-20(27)16(25)10-17(26)21(22)28)31-12(2)15-11-29-32(14-8-6-5-7-9-14)24(34)19(15)13(31)3/h5-11,18H,4H2,1-3H3,(H,30,33). The van der Waals surface area contributed by atoms with Gasteiger partial charge in [-0.3, -0.25) is 9.59 Å². The minimum absolute atomic E-state index is 0.0648. The van der Waals surface area contributed by atoms with Gasteiger partial charge in [0.25, 0.3) is 5.56 Å². The minimum atomic E-state index is -1.71. The van der Waals surface area contributed by atoms with Gasteiger partial charge < -0.3 is 9.88 Å². The average molecular weight is 472 g/mol. The first-order chi connectivity index (χ1) is 16.2. The molecule has 2 aromatic heterocycles. The summed E-state index contributed by atoms with van der Waals surface area (Å²) in [6.07, 6.45) is 1.67. The molecule has 0 saturated carbocycles. The summed E-state index contributed by atoms with van der Waals surface area (Å²) in [5, 5.41) is 7.05. The Kier molecular flexibility index (Phi) is 5.99. The van der Waals surface area contributed by atoms with E-state index in [1.54, 1.807) is 55.7 Å². The van der Waals surface area contributed by atoms with Gasteiger partial charge in [0.1, 0.15) is 11.7 Å². The van der Waals surface area contributed by atoms with Crippen LogP contribution in [0.4, 0.5) is 23.2 Å². The predicted octanol–water partition coefficient (Wildman–Crippen LogP) is 4.95. The number of para-hydroxylation sites is 1. The zero-order valence-corrected chi connectivity index (χ0v) is 18.5. The Hall–Kier alpha value is -3.95. The Balaban J connectivity index is 1.82. The third-order valence-electron chi connectivity index (χ3n) is 5.81. The lowest BCUT2D eigenvalue weighted by Gasteiger charge is -2.21. The number of halogens is 4. The Bertz CT molecular complexity index is 1450. The first kappa shape index (κ1) is 23.2. The van der Waals surface area contributed by atoms with Crippen LogP contribution in [0.15, 0.2) is 47.4 Å². The molecule has 0 bridgehead atoms. The minimum Gasteiger partial charge on any atom is -0.335 e. The highest BCUT2D eigenvalue weighted by Gasteiger charge is 2.28. The van der Waals surface area contributed by atoms with Crippen LogP contribution in [-0.2, 0) is 4.79 Å². The number of carbonyl (C=O) groups excluding carboxylic acids is 1. The molecule has 1 amide bonds. The third kappa shape index (κ3) is 3.64. The number of aryl methyl sites for hydroxylation is 2. The molecule has 34 heavy (non-hydrogen) atoms. The highest BCUT2D eigenvalue weighted by atomic mass is 19.2. The number of hydrogen-bond donors (Lipinski definition) is 1. The van der Waals surface area contributed by atoms with Crippen LogP contribution in [0.1, 0.15) is 30.8 Å². The van der Waals surface area contributed by atoms with Crippen LogP contribution in [-0.4, -0.2) is 20.3 Å². The Morgan fingerprint density at radius 2 is 1.65 bits per heavy atom. The lowest BCUT2D eigenvalue weighted by molar-refractivity contribution is -0.119. The molecule has 0 radical (unpaired) electrons. The Morgan fingerprint density at radius 3 is 2.24 bits per heavy atom. The molecular weight excluding hydrogens is 452 g/mol. The molecule has 10 heteroatoms. The van der Waals surface area contributed by atoms with Crippen molar-refractivity contribution in [3.8, 4) is 5.69 Å². The van der Waals surface area contributed by atoms with E-state index in [2.05, 4.69) is 5.10 Å². The maximum absolute atomic E-state index is 14.1. The molecule has 0 fully saturated rings. The van der Waals surface area contributed by atoms with Gasteiger partial charge in [0.05, 0.1) is 17.3 Å². The number of nitrogens with one attached hydrogen (secondary N) is 1. The number of aromatic nitrogens is 3. The lowest BCUT2D eigenvalue weighted by atomic mass is 10.1. The van der Waals surface area contributed by atoms with Crippen molar-refractivity contribution in [1.82, 2.24) is 14.3 Å². The molecule has 0 spiro atoms. The molecule has 0 aliphatic carbocycles. The van der Waals surface area contributed by atoms with E-state index in [9.17, 15) is 27.2 Å². The van der Waals surface area contributed by atoms with Gasteiger partial charge in [-0.15, -0.1) is 0 Å². The fraction of sp³-hybridized carbons (Fsp3) is 0.208. The van der Waals surface area contributed by atoms with E-state index < -0.39 is 46.5 Å². The van der Waals surface area contributed by atoms with Crippen molar-refractivity contribution in [2.45, 2.75) is 33.2 Å². The molecule has 4 aromatic rings. The average Bonchev–Trinajstić information content (AvgIpc) is 3.07. The van der Waals surface area contributed by atoms with Crippen molar-refractivity contribution < 1.29 is 22.4 Å². The number of nitrogens with zero attached hydrogens (tertiary/aromatic N) is 3. The van der Waals surface area contributed by atoms with Crippen LogP contribution < -0.4 is 10.9 Å². The highest BCUT2D eigenvalue weighted by Crippen LogP contribution is 2.30. The number of amides is 1. The number of anilines is 1. The highest BCUT2D eigenvalue weighted by molar-refractivity contribution is 5.95. The predicted molar refractivity (Wildman–Crippen MR) is 119 cm³/mol. The smallest absolute Gasteiger partial charge is 0.281 e. The molecular formula is C24H20F4N4O2. The number of rotatable bonds is 5. The monoisotopic (exact) mass is 472 g/mol. The topological polar surface area (TPSA) is 68.9 Å². The number of benzene rings is 2. The van der Waals surface area contributed by atoms with Crippen molar-refractivity contribution >= 4 is 22.4 Å². The van der Waals surface area contributed by atoms with Crippen LogP contribution in [0.3, 0.4) is 0 Å². The SMILES string of the molecule is CCC(C(=O)Nc1c(F)c(F)cc(F)c1F)n1c(C)c2cnn(-c3ccccc3)c(=O)c2c1C. The van der Waals surface area contributed by atoms with E-state index in [-0.39, 0.29) is 12.5 Å². The molecule has 1 atom stereocenters. The molecule has 0 saturated heterocycles. The fourth-order valence-corrected chi connectivity index (χ4v) is 4.17. The molecule has 2 heterocycles. The van der Waals surface area contributed by atoms with Crippen LogP contribution in [0.5, 0.6) is 0 Å². The van der Waals surface area contributed by atoms with Gasteiger partial charge in [-0.2, -0.15) is 9.78 Å². The number of carbonyl (C=O) groups is 1. The number of fused-ring (bicyclic) bond motifs is 1.